The molecule has 0 bridgehead atoms. The molecule has 1 aromatic rings. The predicted octanol–water partition coefficient (Wildman–Crippen LogP) is 3.20. The fourth-order valence-corrected chi connectivity index (χ4v) is 2.49. The lowest BCUT2D eigenvalue weighted by Crippen LogP contribution is -2.20. The Labute approximate surface area is 111 Å². The molecule has 1 saturated carbocycles. The number of rotatable bonds is 3. The first-order valence-electron chi connectivity index (χ1n) is 6.63. The Hall–Kier alpha value is -1.65. The summed E-state index contributed by atoms with van der Waals surface area (Å²) in [7, 11) is 0. The zero-order valence-electron chi connectivity index (χ0n) is 10.7. The molecule has 1 aliphatic carbocycles. The Kier molecular flexibility index (Phi) is 4.35. The minimum Gasteiger partial charge on any atom is -0.380 e. The van der Waals surface area contributed by atoms with Crippen LogP contribution in [-0.2, 0) is 0 Å². The zero-order chi connectivity index (χ0) is 13.8. The van der Waals surface area contributed by atoms with Gasteiger partial charge in [0.1, 0.15) is 11.6 Å². The highest BCUT2D eigenvalue weighted by Crippen LogP contribution is 2.24. The summed E-state index contributed by atoms with van der Waals surface area (Å²) in [4.78, 5) is 11.1. The number of primary amides is 1. The molecule has 1 fully saturated rings. The molecule has 1 aromatic carbocycles. The highest BCUT2D eigenvalue weighted by atomic mass is 19.1. The Morgan fingerprint density at radius 1 is 1.11 bits per heavy atom. The van der Waals surface area contributed by atoms with E-state index in [1.165, 1.54) is 12.8 Å². The van der Waals surface area contributed by atoms with Crippen molar-refractivity contribution in [1.82, 2.24) is 0 Å². The van der Waals surface area contributed by atoms with E-state index in [0.717, 1.165) is 31.7 Å². The highest BCUT2D eigenvalue weighted by molar-refractivity contribution is 5.94. The third-order valence-electron chi connectivity index (χ3n) is 3.54. The van der Waals surface area contributed by atoms with Crippen molar-refractivity contribution < 1.29 is 13.6 Å². The molecule has 0 aliphatic heterocycles. The summed E-state index contributed by atoms with van der Waals surface area (Å²) in [5.74, 6) is -2.50. The summed E-state index contributed by atoms with van der Waals surface area (Å²) in [6.45, 7) is 0. The van der Waals surface area contributed by atoms with Crippen LogP contribution in [0.3, 0.4) is 0 Å². The van der Waals surface area contributed by atoms with Crippen molar-refractivity contribution in [1.29, 1.82) is 0 Å². The molecule has 19 heavy (non-hydrogen) atoms. The van der Waals surface area contributed by atoms with Gasteiger partial charge in [0.05, 0.1) is 11.3 Å². The van der Waals surface area contributed by atoms with E-state index in [1.54, 1.807) is 0 Å². The summed E-state index contributed by atoms with van der Waals surface area (Å²) in [6, 6.07) is 2.04. The number of nitrogens with one attached hydrogen (secondary N) is 1. The molecular formula is C14H18F2N2O. The van der Waals surface area contributed by atoms with Crippen LogP contribution in [-0.4, -0.2) is 11.9 Å². The lowest BCUT2D eigenvalue weighted by Gasteiger charge is -2.18. The zero-order valence-corrected chi connectivity index (χ0v) is 10.7. The van der Waals surface area contributed by atoms with E-state index in [-0.39, 0.29) is 17.3 Å². The van der Waals surface area contributed by atoms with E-state index < -0.39 is 17.5 Å². The third-order valence-corrected chi connectivity index (χ3v) is 3.54. The number of carbonyl (C=O) groups is 1. The molecule has 0 saturated heterocycles. The Balaban J connectivity index is 2.19. The van der Waals surface area contributed by atoms with Gasteiger partial charge in [-0.25, -0.2) is 8.78 Å². The van der Waals surface area contributed by atoms with Crippen LogP contribution in [0.5, 0.6) is 0 Å². The number of carbonyl (C=O) groups excluding carboxylic acids is 1. The average Bonchev–Trinajstić information content (AvgIpc) is 2.60. The molecule has 2 rings (SSSR count). The number of amides is 1. The number of hydrogen-bond acceptors (Lipinski definition) is 2. The summed E-state index contributed by atoms with van der Waals surface area (Å²) in [5.41, 5.74) is 4.94. The fourth-order valence-electron chi connectivity index (χ4n) is 2.49. The second kappa shape index (κ2) is 5.99. The van der Waals surface area contributed by atoms with Crippen molar-refractivity contribution in [3.05, 3.63) is 29.3 Å². The van der Waals surface area contributed by atoms with Crippen LogP contribution in [0, 0.1) is 11.6 Å². The first-order chi connectivity index (χ1) is 9.08. The number of hydrogen-bond donors (Lipinski definition) is 2. The van der Waals surface area contributed by atoms with Crippen LogP contribution in [0.25, 0.3) is 0 Å². The van der Waals surface area contributed by atoms with Gasteiger partial charge < -0.3 is 11.1 Å². The summed E-state index contributed by atoms with van der Waals surface area (Å²) >= 11 is 0. The second-order valence-electron chi connectivity index (χ2n) is 5.01. The molecule has 0 spiro atoms. The van der Waals surface area contributed by atoms with Crippen molar-refractivity contribution in [3.8, 4) is 0 Å². The van der Waals surface area contributed by atoms with E-state index >= 15 is 0 Å². The highest BCUT2D eigenvalue weighted by Gasteiger charge is 2.17. The molecule has 0 aromatic heterocycles. The maximum absolute atomic E-state index is 13.7. The van der Waals surface area contributed by atoms with Crippen molar-refractivity contribution in [2.24, 2.45) is 5.73 Å². The molecule has 0 unspecified atom stereocenters. The molecule has 3 N–H and O–H groups in total. The lowest BCUT2D eigenvalue weighted by molar-refractivity contribution is 0.0996. The van der Waals surface area contributed by atoms with Gasteiger partial charge in [0.15, 0.2) is 0 Å². The van der Waals surface area contributed by atoms with Gasteiger partial charge in [-0.3, -0.25) is 4.79 Å². The number of benzene rings is 1. The van der Waals surface area contributed by atoms with E-state index in [1.807, 2.05) is 0 Å². The molecule has 104 valence electrons. The van der Waals surface area contributed by atoms with E-state index in [0.29, 0.717) is 6.07 Å². The maximum atomic E-state index is 13.7. The van der Waals surface area contributed by atoms with Gasteiger partial charge in [0, 0.05) is 12.1 Å². The maximum Gasteiger partial charge on any atom is 0.251 e. The molecular weight excluding hydrogens is 250 g/mol. The molecule has 3 nitrogen and oxygen atoms in total. The first kappa shape index (κ1) is 13.8. The van der Waals surface area contributed by atoms with Crippen LogP contribution in [0.2, 0.25) is 0 Å². The minimum absolute atomic E-state index is 0.155. The number of nitrogens with two attached hydrogens (primary N) is 1. The van der Waals surface area contributed by atoms with Crippen molar-refractivity contribution in [2.75, 3.05) is 5.32 Å². The summed E-state index contributed by atoms with van der Waals surface area (Å²) < 4.78 is 27.1. The molecule has 1 amide bonds. The average molecular weight is 268 g/mol. The third kappa shape index (κ3) is 3.43. The molecule has 0 heterocycles. The smallest absolute Gasteiger partial charge is 0.251 e. The van der Waals surface area contributed by atoms with Crippen LogP contribution in [0.4, 0.5) is 14.5 Å². The molecule has 1 aliphatic rings. The van der Waals surface area contributed by atoms with Crippen LogP contribution in [0.15, 0.2) is 12.1 Å². The molecule has 0 atom stereocenters. The van der Waals surface area contributed by atoms with E-state index in [9.17, 15) is 13.6 Å². The first-order valence-corrected chi connectivity index (χ1v) is 6.63. The van der Waals surface area contributed by atoms with E-state index in [4.69, 9.17) is 5.73 Å². The van der Waals surface area contributed by atoms with Crippen molar-refractivity contribution in [3.63, 3.8) is 0 Å². The van der Waals surface area contributed by atoms with Gasteiger partial charge in [0.2, 0.25) is 0 Å². The van der Waals surface area contributed by atoms with Gasteiger partial charge in [-0.1, -0.05) is 25.7 Å². The van der Waals surface area contributed by atoms with Gasteiger partial charge in [-0.05, 0) is 18.9 Å². The molecule has 5 heteroatoms. The van der Waals surface area contributed by atoms with Crippen LogP contribution in [0.1, 0.15) is 48.9 Å². The SMILES string of the molecule is NC(=O)c1cc(NC2CCCCCC2)c(F)cc1F. The lowest BCUT2D eigenvalue weighted by atomic mass is 10.1. The largest absolute Gasteiger partial charge is 0.380 e. The van der Waals surface area contributed by atoms with Gasteiger partial charge in [0.25, 0.3) is 5.91 Å². The Morgan fingerprint density at radius 2 is 1.74 bits per heavy atom. The van der Waals surface area contributed by atoms with Crippen LogP contribution < -0.4 is 11.1 Å². The number of halogens is 2. The topological polar surface area (TPSA) is 55.1 Å². The van der Waals surface area contributed by atoms with Gasteiger partial charge in [-0.2, -0.15) is 0 Å². The van der Waals surface area contributed by atoms with Crippen molar-refractivity contribution in [2.45, 2.75) is 44.6 Å². The van der Waals surface area contributed by atoms with Gasteiger partial charge in [-0.15, -0.1) is 0 Å². The minimum atomic E-state index is -0.920. The van der Waals surface area contributed by atoms with Crippen molar-refractivity contribution >= 4 is 11.6 Å². The van der Waals surface area contributed by atoms with Gasteiger partial charge >= 0.3 is 0 Å². The quantitative estimate of drug-likeness (QED) is 0.827. The van der Waals surface area contributed by atoms with E-state index in [2.05, 4.69) is 5.32 Å². The molecule has 0 radical (unpaired) electrons. The standard InChI is InChI=1S/C14H18F2N2O/c15-11-8-12(16)13(7-10(11)14(17)19)18-9-5-3-1-2-4-6-9/h7-9,18H,1-6H2,(H2,17,19). The predicted molar refractivity (Wildman–Crippen MR) is 70.0 cm³/mol. The van der Waals surface area contributed by atoms with Crippen LogP contribution >= 0.6 is 0 Å². The normalized spacial score (nSPS) is 16.9. The fraction of sp³-hybridized carbons (Fsp3) is 0.500. The second-order valence-corrected chi connectivity index (χ2v) is 5.01. The number of anilines is 1. The Bertz CT molecular complexity index is 469. The monoisotopic (exact) mass is 268 g/mol. The summed E-state index contributed by atoms with van der Waals surface area (Å²) in [6.07, 6.45) is 6.50. The summed E-state index contributed by atoms with van der Waals surface area (Å²) in [5, 5.41) is 3.06. The Morgan fingerprint density at radius 3 is 2.32 bits per heavy atom.